The summed E-state index contributed by atoms with van der Waals surface area (Å²) in [5, 5.41) is 2.62. The molecular formula is C22H29FN2O4S. The Morgan fingerprint density at radius 1 is 1.13 bits per heavy atom. The molecule has 30 heavy (non-hydrogen) atoms. The monoisotopic (exact) mass is 436 g/mol. The number of benzene rings is 2. The van der Waals surface area contributed by atoms with Crippen molar-refractivity contribution in [2.75, 3.05) is 26.2 Å². The van der Waals surface area contributed by atoms with E-state index in [9.17, 15) is 17.6 Å². The summed E-state index contributed by atoms with van der Waals surface area (Å²) in [4.78, 5) is 12.3. The molecule has 2 rings (SSSR count). The van der Waals surface area contributed by atoms with Crippen molar-refractivity contribution < 1.29 is 22.3 Å². The van der Waals surface area contributed by atoms with Crippen LogP contribution in [0.4, 0.5) is 4.39 Å². The SMILES string of the molecule is CCN(CC)S(=O)(=O)c1ccc(F)c(C(=O)NCCCOC(C)c2ccccc2)c1. The van der Waals surface area contributed by atoms with E-state index in [2.05, 4.69) is 5.32 Å². The molecule has 1 atom stereocenters. The van der Waals surface area contributed by atoms with Gasteiger partial charge < -0.3 is 10.1 Å². The summed E-state index contributed by atoms with van der Waals surface area (Å²) in [7, 11) is -3.77. The molecule has 0 aliphatic rings. The Bertz CT molecular complexity index is 931. The van der Waals surface area contributed by atoms with Gasteiger partial charge in [-0.2, -0.15) is 4.31 Å². The molecule has 164 valence electrons. The average Bonchev–Trinajstić information content (AvgIpc) is 2.74. The molecule has 8 heteroatoms. The van der Waals surface area contributed by atoms with Crippen LogP contribution < -0.4 is 5.32 Å². The van der Waals surface area contributed by atoms with Crippen LogP contribution in [0.5, 0.6) is 0 Å². The molecule has 0 aliphatic carbocycles. The molecule has 0 radical (unpaired) electrons. The number of ether oxygens (including phenoxy) is 1. The highest BCUT2D eigenvalue weighted by atomic mass is 32.2. The molecular weight excluding hydrogens is 407 g/mol. The molecule has 1 N–H and O–H groups in total. The molecule has 0 fully saturated rings. The van der Waals surface area contributed by atoms with Gasteiger partial charge in [0.2, 0.25) is 10.0 Å². The first-order valence-electron chi connectivity index (χ1n) is 10.1. The van der Waals surface area contributed by atoms with Gasteiger partial charge in [-0.1, -0.05) is 44.2 Å². The normalized spacial score (nSPS) is 12.7. The van der Waals surface area contributed by atoms with Gasteiger partial charge in [0.05, 0.1) is 16.6 Å². The Kier molecular flexibility index (Phi) is 8.95. The molecule has 1 unspecified atom stereocenters. The van der Waals surface area contributed by atoms with Gasteiger partial charge in [-0.15, -0.1) is 0 Å². The lowest BCUT2D eigenvalue weighted by Gasteiger charge is -2.19. The smallest absolute Gasteiger partial charge is 0.254 e. The molecule has 0 aromatic heterocycles. The predicted octanol–water partition coefficient (Wildman–Crippen LogP) is 3.75. The highest BCUT2D eigenvalue weighted by Crippen LogP contribution is 2.19. The molecule has 1 amide bonds. The van der Waals surface area contributed by atoms with E-state index in [0.717, 1.165) is 17.7 Å². The number of carbonyl (C=O) groups is 1. The van der Waals surface area contributed by atoms with Crippen molar-refractivity contribution >= 4 is 15.9 Å². The van der Waals surface area contributed by atoms with Crippen LogP contribution >= 0.6 is 0 Å². The third-order valence-electron chi connectivity index (χ3n) is 4.77. The van der Waals surface area contributed by atoms with Crippen LogP contribution in [0.15, 0.2) is 53.4 Å². The van der Waals surface area contributed by atoms with Gasteiger partial charge >= 0.3 is 0 Å². The number of sulfonamides is 1. The Morgan fingerprint density at radius 2 is 1.80 bits per heavy atom. The highest BCUT2D eigenvalue weighted by Gasteiger charge is 2.24. The van der Waals surface area contributed by atoms with Crippen LogP contribution in [0.25, 0.3) is 0 Å². The first-order chi connectivity index (χ1) is 14.3. The van der Waals surface area contributed by atoms with Crippen molar-refractivity contribution in [3.05, 3.63) is 65.5 Å². The Morgan fingerprint density at radius 3 is 2.43 bits per heavy atom. The number of amides is 1. The lowest BCUT2D eigenvalue weighted by molar-refractivity contribution is 0.0634. The second kappa shape index (κ2) is 11.2. The van der Waals surface area contributed by atoms with E-state index in [1.165, 1.54) is 10.4 Å². The van der Waals surface area contributed by atoms with E-state index in [1.807, 2.05) is 37.3 Å². The Labute approximate surface area is 178 Å². The van der Waals surface area contributed by atoms with E-state index in [-0.39, 0.29) is 23.1 Å². The second-order valence-electron chi connectivity index (χ2n) is 6.76. The minimum absolute atomic E-state index is 0.0682. The number of hydrogen-bond acceptors (Lipinski definition) is 4. The Hall–Kier alpha value is -2.29. The lowest BCUT2D eigenvalue weighted by Crippen LogP contribution is -2.31. The number of nitrogens with one attached hydrogen (secondary N) is 1. The predicted molar refractivity (Wildman–Crippen MR) is 114 cm³/mol. The summed E-state index contributed by atoms with van der Waals surface area (Å²) in [6.45, 7) is 6.68. The third-order valence-corrected chi connectivity index (χ3v) is 6.82. The average molecular weight is 437 g/mol. The van der Waals surface area contributed by atoms with E-state index in [1.54, 1.807) is 13.8 Å². The molecule has 6 nitrogen and oxygen atoms in total. The Balaban J connectivity index is 1.92. The summed E-state index contributed by atoms with van der Waals surface area (Å²) in [6.07, 6.45) is 0.475. The van der Waals surface area contributed by atoms with E-state index in [0.29, 0.717) is 26.1 Å². The van der Waals surface area contributed by atoms with Crippen molar-refractivity contribution in [3.8, 4) is 0 Å². The van der Waals surface area contributed by atoms with Crippen molar-refractivity contribution in [2.45, 2.75) is 38.2 Å². The van der Waals surface area contributed by atoms with Crippen LogP contribution in [-0.2, 0) is 14.8 Å². The molecule has 0 heterocycles. The number of hydrogen-bond donors (Lipinski definition) is 1. The maximum Gasteiger partial charge on any atom is 0.254 e. The van der Waals surface area contributed by atoms with E-state index < -0.39 is 21.7 Å². The van der Waals surface area contributed by atoms with Gasteiger partial charge in [0.1, 0.15) is 5.82 Å². The molecule has 2 aromatic rings. The minimum Gasteiger partial charge on any atom is -0.374 e. The van der Waals surface area contributed by atoms with Gasteiger partial charge in [-0.05, 0) is 37.1 Å². The fraction of sp³-hybridized carbons (Fsp3) is 0.409. The quantitative estimate of drug-likeness (QED) is 0.545. The zero-order valence-corrected chi connectivity index (χ0v) is 18.4. The number of carbonyl (C=O) groups excluding carboxylic acids is 1. The molecule has 2 aromatic carbocycles. The van der Waals surface area contributed by atoms with Crippen LogP contribution in [0.3, 0.4) is 0 Å². The van der Waals surface area contributed by atoms with Gasteiger partial charge in [0.15, 0.2) is 0 Å². The van der Waals surface area contributed by atoms with Crippen molar-refractivity contribution in [1.82, 2.24) is 9.62 Å². The first kappa shape index (κ1) is 24.0. The second-order valence-corrected chi connectivity index (χ2v) is 8.70. The van der Waals surface area contributed by atoms with E-state index >= 15 is 0 Å². The fourth-order valence-corrected chi connectivity index (χ4v) is 4.49. The van der Waals surface area contributed by atoms with Crippen LogP contribution in [0.2, 0.25) is 0 Å². The van der Waals surface area contributed by atoms with Gasteiger partial charge in [-0.25, -0.2) is 12.8 Å². The lowest BCUT2D eigenvalue weighted by atomic mass is 10.1. The maximum atomic E-state index is 14.1. The zero-order chi connectivity index (χ0) is 22.1. The van der Waals surface area contributed by atoms with Crippen LogP contribution in [0, 0.1) is 5.82 Å². The number of halogens is 1. The molecule has 0 spiro atoms. The standard InChI is InChI=1S/C22H29FN2O4S/c1-4-25(5-2)30(27,28)19-12-13-21(23)20(16-19)22(26)24-14-9-15-29-17(3)18-10-7-6-8-11-18/h6-8,10-13,16-17H,4-5,9,14-15H2,1-3H3,(H,24,26). The van der Waals surface area contributed by atoms with Gasteiger partial charge in [0, 0.05) is 26.2 Å². The van der Waals surface area contributed by atoms with Crippen molar-refractivity contribution in [1.29, 1.82) is 0 Å². The number of rotatable bonds is 11. The molecule has 0 saturated carbocycles. The summed E-state index contributed by atoms with van der Waals surface area (Å²) < 4.78 is 46.4. The van der Waals surface area contributed by atoms with Crippen LogP contribution in [-0.4, -0.2) is 44.9 Å². The van der Waals surface area contributed by atoms with Gasteiger partial charge in [-0.3, -0.25) is 4.79 Å². The van der Waals surface area contributed by atoms with E-state index in [4.69, 9.17) is 4.74 Å². The van der Waals surface area contributed by atoms with Crippen LogP contribution in [0.1, 0.15) is 49.2 Å². The summed E-state index contributed by atoms with van der Waals surface area (Å²) in [5.41, 5.74) is 0.775. The first-order valence-corrected chi connectivity index (χ1v) is 11.5. The topological polar surface area (TPSA) is 75.7 Å². The molecule has 0 aliphatic heterocycles. The van der Waals surface area contributed by atoms with Crippen molar-refractivity contribution in [3.63, 3.8) is 0 Å². The maximum absolute atomic E-state index is 14.1. The summed E-state index contributed by atoms with van der Waals surface area (Å²) in [6, 6.07) is 13.1. The highest BCUT2D eigenvalue weighted by molar-refractivity contribution is 7.89. The molecule has 0 saturated heterocycles. The molecule has 0 bridgehead atoms. The summed E-state index contributed by atoms with van der Waals surface area (Å²) in [5.74, 6) is -1.42. The van der Waals surface area contributed by atoms with Gasteiger partial charge in [0.25, 0.3) is 5.91 Å². The number of nitrogens with zero attached hydrogens (tertiary/aromatic N) is 1. The third kappa shape index (κ3) is 6.10. The van der Waals surface area contributed by atoms with Crippen molar-refractivity contribution in [2.24, 2.45) is 0 Å². The summed E-state index contributed by atoms with van der Waals surface area (Å²) >= 11 is 0. The minimum atomic E-state index is -3.77. The fourth-order valence-electron chi connectivity index (χ4n) is 3.00. The zero-order valence-electron chi connectivity index (χ0n) is 17.6. The largest absolute Gasteiger partial charge is 0.374 e.